The van der Waals surface area contributed by atoms with E-state index < -0.39 is 11.4 Å². The quantitative estimate of drug-likeness (QED) is 0.407. The number of fused-ring (bicyclic) bond motifs is 2. The maximum atomic E-state index is 13.3. The summed E-state index contributed by atoms with van der Waals surface area (Å²) in [5, 5.41) is 10.9. The molecule has 3 heteroatoms. The third-order valence-electron chi connectivity index (χ3n) is 13.1. The van der Waals surface area contributed by atoms with Crippen molar-refractivity contribution >= 4 is 11.8 Å². The van der Waals surface area contributed by atoms with Crippen LogP contribution in [0.1, 0.15) is 112 Å². The van der Waals surface area contributed by atoms with Gasteiger partial charge in [-0.05, 0) is 110 Å². The number of carboxylic acids is 1. The highest BCUT2D eigenvalue weighted by atomic mass is 16.4. The lowest BCUT2D eigenvalue weighted by Gasteiger charge is -2.61. The Morgan fingerprint density at radius 3 is 2.29 bits per heavy atom. The Hall–Kier alpha value is -1.12. The van der Waals surface area contributed by atoms with Crippen molar-refractivity contribution in [3.8, 4) is 0 Å². The number of aliphatic carboxylic acids is 1. The molecule has 0 aromatic heterocycles. The smallest absolute Gasteiger partial charge is 0.310 e. The van der Waals surface area contributed by atoms with E-state index in [0.29, 0.717) is 40.3 Å². The minimum atomic E-state index is -0.585. The van der Waals surface area contributed by atoms with Crippen LogP contribution in [-0.4, -0.2) is 16.9 Å². The van der Waals surface area contributed by atoms with Gasteiger partial charge in [0.15, 0.2) is 0 Å². The number of hydrogen-bond acceptors (Lipinski definition) is 2. The number of ketones is 1. The molecule has 2 spiro atoms. The van der Waals surface area contributed by atoms with Gasteiger partial charge in [-0.3, -0.25) is 9.59 Å². The average molecular weight is 469 g/mol. The largest absolute Gasteiger partial charge is 0.481 e. The summed E-state index contributed by atoms with van der Waals surface area (Å²) in [7, 11) is 0. The monoisotopic (exact) mass is 468 g/mol. The summed E-state index contributed by atoms with van der Waals surface area (Å²) in [6.45, 7) is 17.8. The molecule has 8 unspecified atom stereocenters. The summed E-state index contributed by atoms with van der Waals surface area (Å²) in [6.07, 6.45) is 11.4. The average Bonchev–Trinajstić information content (AvgIpc) is 3.32. The first-order valence-corrected chi connectivity index (χ1v) is 14.2. The van der Waals surface area contributed by atoms with Crippen LogP contribution in [0.2, 0.25) is 0 Å². The zero-order chi connectivity index (χ0) is 24.9. The zero-order valence-electron chi connectivity index (χ0n) is 22.6. The normalized spacial score (nSPS) is 47.3. The Labute approximate surface area is 207 Å². The van der Waals surface area contributed by atoms with Gasteiger partial charge >= 0.3 is 5.97 Å². The predicted molar refractivity (Wildman–Crippen MR) is 136 cm³/mol. The fourth-order valence-electron chi connectivity index (χ4n) is 11.1. The van der Waals surface area contributed by atoms with E-state index in [-0.39, 0.29) is 16.7 Å². The highest BCUT2D eigenvalue weighted by Crippen LogP contribution is 2.88. The van der Waals surface area contributed by atoms with Crippen molar-refractivity contribution in [2.75, 3.05) is 0 Å². The molecule has 5 saturated carbocycles. The van der Waals surface area contributed by atoms with Gasteiger partial charge in [0.2, 0.25) is 0 Å². The van der Waals surface area contributed by atoms with Crippen LogP contribution in [0.4, 0.5) is 0 Å². The van der Waals surface area contributed by atoms with Crippen molar-refractivity contribution in [1.29, 1.82) is 0 Å². The summed E-state index contributed by atoms with van der Waals surface area (Å²) >= 11 is 0. The lowest BCUT2D eigenvalue weighted by molar-refractivity contribution is -0.187. The molecule has 190 valence electrons. The second-order valence-corrected chi connectivity index (χ2v) is 14.5. The first-order valence-electron chi connectivity index (χ1n) is 14.2. The Morgan fingerprint density at radius 1 is 1.00 bits per heavy atom. The van der Waals surface area contributed by atoms with Gasteiger partial charge in [-0.25, -0.2) is 0 Å². The number of rotatable bonds is 6. The summed E-state index contributed by atoms with van der Waals surface area (Å²) in [5.74, 6) is 2.13. The molecular weight excluding hydrogens is 420 g/mol. The second kappa shape index (κ2) is 7.45. The lowest BCUT2D eigenvalue weighted by atomic mass is 9.41. The second-order valence-electron chi connectivity index (χ2n) is 14.5. The third kappa shape index (κ3) is 2.76. The highest BCUT2D eigenvalue weighted by molar-refractivity contribution is 5.86. The van der Waals surface area contributed by atoms with E-state index in [0.717, 1.165) is 64.2 Å². The van der Waals surface area contributed by atoms with Gasteiger partial charge in [0.25, 0.3) is 0 Å². The van der Waals surface area contributed by atoms with Gasteiger partial charge in [-0.1, -0.05) is 53.7 Å². The number of allylic oxidation sites excluding steroid dienone is 1. The summed E-state index contributed by atoms with van der Waals surface area (Å²) < 4.78 is 0. The van der Waals surface area contributed by atoms with E-state index in [4.69, 9.17) is 0 Å². The van der Waals surface area contributed by atoms with Crippen molar-refractivity contribution in [3.63, 3.8) is 0 Å². The maximum absolute atomic E-state index is 13.3. The van der Waals surface area contributed by atoms with Crippen LogP contribution in [0.5, 0.6) is 0 Å². The minimum Gasteiger partial charge on any atom is -0.481 e. The van der Waals surface area contributed by atoms with Crippen molar-refractivity contribution in [1.82, 2.24) is 0 Å². The molecule has 5 fully saturated rings. The van der Waals surface area contributed by atoms with Crippen LogP contribution in [0, 0.1) is 56.7 Å². The minimum absolute atomic E-state index is 0.120. The zero-order valence-corrected chi connectivity index (χ0v) is 22.6. The van der Waals surface area contributed by atoms with Crippen molar-refractivity contribution in [3.05, 3.63) is 12.2 Å². The molecular formula is C31H48O3. The molecule has 1 N–H and O–H groups in total. The molecule has 0 amide bonds. The molecule has 0 bridgehead atoms. The highest BCUT2D eigenvalue weighted by Gasteiger charge is 2.83. The van der Waals surface area contributed by atoms with E-state index in [1.54, 1.807) is 0 Å². The molecule has 0 aliphatic heterocycles. The van der Waals surface area contributed by atoms with Gasteiger partial charge in [0, 0.05) is 11.8 Å². The van der Waals surface area contributed by atoms with Gasteiger partial charge in [-0.15, -0.1) is 0 Å². The molecule has 0 radical (unpaired) electrons. The number of Topliss-reactive ketones (excluding diaryl/α,β-unsaturated/α-hetero) is 1. The Morgan fingerprint density at radius 2 is 1.65 bits per heavy atom. The fourth-order valence-corrected chi connectivity index (χ4v) is 11.1. The van der Waals surface area contributed by atoms with Gasteiger partial charge < -0.3 is 5.11 Å². The molecule has 5 aliphatic rings. The van der Waals surface area contributed by atoms with Crippen LogP contribution in [-0.2, 0) is 9.59 Å². The van der Waals surface area contributed by atoms with Crippen molar-refractivity contribution in [2.24, 2.45) is 56.7 Å². The molecule has 0 heterocycles. The van der Waals surface area contributed by atoms with Crippen LogP contribution < -0.4 is 0 Å². The number of carbonyl (C=O) groups is 2. The SMILES string of the molecule is C=C(CCC(C)C1CCC2(C)C3CCC4C(C)(C)C(=O)CCC45CC35CCC12C(=O)O)C(C)C. The fraction of sp³-hybridized carbons (Fsp3) is 0.871. The molecule has 5 rings (SSSR count). The number of hydrogen-bond donors (Lipinski definition) is 1. The molecule has 0 aromatic carbocycles. The van der Waals surface area contributed by atoms with Crippen LogP contribution in [0.3, 0.4) is 0 Å². The topological polar surface area (TPSA) is 54.4 Å². The van der Waals surface area contributed by atoms with E-state index >= 15 is 0 Å². The standard InChI is InChI=1S/C31H48O3/c1-19(2)20(3)8-9-21(4)22-12-14-28(7)24-11-10-23-27(5,6)25(32)13-15-29(23)18-30(24,29)16-17-31(22,28)26(33)34/h19,21-24H,3,8-18H2,1-2,4-7H3,(H,33,34). The third-order valence-corrected chi connectivity index (χ3v) is 13.1. The van der Waals surface area contributed by atoms with Crippen LogP contribution in [0.25, 0.3) is 0 Å². The Balaban J connectivity index is 1.46. The molecule has 5 aliphatic carbocycles. The summed E-state index contributed by atoms with van der Waals surface area (Å²) in [4.78, 5) is 26.1. The van der Waals surface area contributed by atoms with Gasteiger partial charge in [0.1, 0.15) is 5.78 Å². The molecule has 0 aromatic rings. The van der Waals surface area contributed by atoms with Crippen LogP contribution in [0.15, 0.2) is 12.2 Å². The van der Waals surface area contributed by atoms with Crippen LogP contribution >= 0.6 is 0 Å². The molecule has 0 saturated heterocycles. The number of carboxylic acid groups (broad SMARTS) is 1. The van der Waals surface area contributed by atoms with Gasteiger partial charge in [0.05, 0.1) is 5.41 Å². The van der Waals surface area contributed by atoms with Crippen molar-refractivity contribution < 1.29 is 14.7 Å². The maximum Gasteiger partial charge on any atom is 0.310 e. The molecule has 8 atom stereocenters. The summed E-state index contributed by atoms with van der Waals surface area (Å²) in [6, 6.07) is 0. The molecule has 34 heavy (non-hydrogen) atoms. The number of carbonyl (C=O) groups excluding carboxylic acids is 1. The van der Waals surface area contributed by atoms with Gasteiger partial charge in [-0.2, -0.15) is 0 Å². The van der Waals surface area contributed by atoms with Crippen molar-refractivity contribution in [2.45, 2.75) is 112 Å². The first-order chi connectivity index (χ1) is 15.8. The van der Waals surface area contributed by atoms with E-state index in [1.165, 1.54) is 12.0 Å². The Kier molecular flexibility index (Phi) is 5.38. The lowest BCUT2D eigenvalue weighted by Crippen LogP contribution is -2.60. The Bertz CT molecular complexity index is 916. The summed E-state index contributed by atoms with van der Waals surface area (Å²) in [5.41, 5.74) is 0.988. The van der Waals surface area contributed by atoms with E-state index in [1.807, 2.05) is 0 Å². The predicted octanol–water partition coefficient (Wildman–Crippen LogP) is 7.69. The van der Waals surface area contributed by atoms with E-state index in [9.17, 15) is 14.7 Å². The molecule has 3 nitrogen and oxygen atoms in total. The first kappa shape index (κ1) is 24.6. The van der Waals surface area contributed by atoms with E-state index in [2.05, 4.69) is 48.1 Å².